The monoisotopic (exact) mass is 614 g/mol. The van der Waals surface area contributed by atoms with Gasteiger partial charge in [-0.1, -0.05) is 76.8 Å². The largest absolute Gasteiger partial charge is 3.00 e. The van der Waals surface area contributed by atoms with E-state index in [0.29, 0.717) is 0 Å². The molecular weight excluding hydrogens is 572 g/mol. The Morgan fingerprint density at radius 2 is 1.29 bits per heavy atom. The van der Waals surface area contributed by atoms with E-state index in [0.717, 1.165) is 43.4 Å². The second-order valence-corrected chi connectivity index (χ2v) is 11.4. The van der Waals surface area contributed by atoms with E-state index in [-0.39, 0.29) is 32.3 Å². The van der Waals surface area contributed by atoms with E-state index in [1.807, 2.05) is 30.4 Å². The van der Waals surface area contributed by atoms with Crippen molar-refractivity contribution < 1.29 is 38.9 Å². The van der Waals surface area contributed by atoms with Gasteiger partial charge in [0.25, 0.3) is 10.0 Å². The fourth-order valence-electron chi connectivity index (χ4n) is 4.06. The van der Waals surface area contributed by atoms with Crippen molar-refractivity contribution in [2.45, 2.75) is 95.3 Å². The molecule has 4 rings (SSSR count). The number of hydrogen-bond donors (Lipinski definition) is 1. The first kappa shape index (κ1) is 36.8. The molecule has 0 heterocycles. The fourth-order valence-corrected chi connectivity index (χ4v) is 5.12. The summed E-state index contributed by atoms with van der Waals surface area (Å²) in [5, 5.41) is 0. The van der Waals surface area contributed by atoms with Gasteiger partial charge in [0.05, 0.1) is 4.90 Å². The summed E-state index contributed by atoms with van der Waals surface area (Å²) < 4.78 is 53.5. The average Bonchev–Trinajstić information content (AvgIpc) is 3.72. The molecule has 0 unspecified atom stereocenters. The van der Waals surface area contributed by atoms with Gasteiger partial charge in [0.1, 0.15) is 0 Å². The van der Waals surface area contributed by atoms with E-state index in [9.17, 15) is 17.2 Å². The van der Waals surface area contributed by atoms with Crippen LogP contribution in [-0.2, 0) is 38.2 Å². The van der Waals surface area contributed by atoms with Crippen molar-refractivity contribution >= 4 is 15.7 Å². The number of unbranched alkanes of at least 4 members (excludes halogenated alkanes) is 9. The molecule has 0 aromatic heterocycles. The zero-order chi connectivity index (χ0) is 28.9. The number of anilines is 1. The summed E-state index contributed by atoms with van der Waals surface area (Å²) in [6.45, 7) is 2.23. The Bertz CT molecular complexity index is 1160. The molecule has 41 heavy (non-hydrogen) atoms. The maximum absolute atomic E-state index is 13.7. The normalized spacial score (nSPS) is 12.8. The predicted molar refractivity (Wildman–Crippen MR) is 161 cm³/mol. The molecule has 0 fully saturated rings. The molecule has 0 saturated carbocycles. The number of halogens is 2. The number of rotatable bonds is 14. The van der Waals surface area contributed by atoms with Crippen LogP contribution in [0.15, 0.2) is 77.7 Å². The molecule has 2 aliphatic carbocycles. The molecular formula is C34H42F2NO2STi. The van der Waals surface area contributed by atoms with E-state index in [1.54, 1.807) is 12.1 Å². The maximum Gasteiger partial charge on any atom is 3.00 e. The van der Waals surface area contributed by atoms with Gasteiger partial charge >= 0.3 is 21.7 Å². The third-order valence-corrected chi connectivity index (χ3v) is 7.71. The maximum atomic E-state index is 13.7. The summed E-state index contributed by atoms with van der Waals surface area (Å²) in [4.78, 5) is 0.0399. The predicted octanol–water partition coefficient (Wildman–Crippen LogP) is 9.64. The van der Waals surface area contributed by atoms with Crippen molar-refractivity contribution in [3.63, 3.8) is 0 Å². The molecule has 0 bridgehead atoms. The molecule has 0 spiro atoms. The summed E-state index contributed by atoms with van der Waals surface area (Å²) in [6.07, 6.45) is 33.7. The van der Waals surface area contributed by atoms with Crippen molar-refractivity contribution in [2.75, 3.05) is 4.72 Å². The van der Waals surface area contributed by atoms with E-state index in [1.165, 1.54) is 69.9 Å². The number of allylic oxidation sites excluding steroid dienone is 8. The Morgan fingerprint density at radius 1 is 0.756 bits per heavy atom. The van der Waals surface area contributed by atoms with Crippen LogP contribution in [0.1, 0.15) is 89.5 Å². The SMILES string of the molecule is CCCCCCCCCCCCc1ccc(S(=O)(=O)Nc2ccc(F)[c-]c2F)cc1.[C-]1=CC=CC1.[C-]1=CC=CC1.[Ti+3]. The van der Waals surface area contributed by atoms with Crippen LogP contribution in [0.4, 0.5) is 14.5 Å². The molecule has 1 N–H and O–H groups in total. The Labute approximate surface area is 261 Å². The summed E-state index contributed by atoms with van der Waals surface area (Å²) in [7, 11) is -3.94. The van der Waals surface area contributed by atoms with E-state index < -0.39 is 21.7 Å². The van der Waals surface area contributed by atoms with E-state index in [2.05, 4.69) is 35.9 Å². The van der Waals surface area contributed by atoms with Gasteiger partial charge in [-0.2, -0.15) is 12.2 Å². The van der Waals surface area contributed by atoms with Gasteiger partial charge in [0.15, 0.2) is 0 Å². The molecule has 2 aromatic rings. The summed E-state index contributed by atoms with van der Waals surface area (Å²) in [5.74, 6) is -1.96. The van der Waals surface area contributed by atoms with Crippen LogP contribution in [0, 0.1) is 29.9 Å². The standard InChI is InChI=1S/C24H32F2NO2S.2C5H5.Ti/c1-2-3-4-5-6-7-8-9-10-11-12-20-13-16-22(17-14-20)30(28,29)27-24-18-15-21(25)19-23(24)26;2*1-2-4-5-3-1;/h13-18,27H,2-12H2,1H3;2*1-3H,4H2;/q3*-1;+3. The van der Waals surface area contributed by atoms with Crippen molar-refractivity contribution in [1.82, 2.24) is 0 Å². The fraction of sp³-hybridized carbons (Fsp3) is 0.412. The molecule has 0 amide bonds. The van der Waals surface area contributed by atoms with Gasteiger partial charge in [0, 0.05) is 11.6 Å². The van der Waals surface area contributed by atoms with Gasteiger partial charge in [-0.3, -0.25) is 12.2 Å². The van der Waals surface area contributed by atoms with Crippen LogP contribution in [0.25, 0.3) is 0 Å². The van der Waals surface area contributed by atoms with Gasteiger partial charge in [-0.25, -0.2) is 41.5 Å². The number of benzene rings is 2. The topological polar surface area (TPSA) is 46.2 Å². The zero-order valence-electron chi connectivity index (χ0n) is 24.1. The van der Waals surface area contributed by atoms with Crippen molar-refractivity contribution in [3.05, 3.63) is 108 Å². The van der Waals surface area contributed by atoms with Crippen LogP contribution >= 0.6 is 0 Å². The molecule has 3 nitrogen and oxygen atoms in total. The van der Waals surface area contributed by atoms with Gasteiger partial charge in [0.2, 0.25) is 0 Å². The molecule has 1 radical (unpaired) electrons. The molecule has 2 aromatic carbocycles. The van der Waals surface area contributed by atoms with Crippen LogP contribution in [0.3, 0.4) is 0 Å². The van der Waals surface area contributed by atoms with Gasteiger partial charge in [-0.05, 0) is 36.2 Å². The molecule has 0 aliphatic heterocycles. The van der Waals surface area contributed by atoms with Crippen LogP contribution < -0.4 is 4.72 Å². The van der Waals surface area contributed by atoms with Gasteiger partial charge in [-0.15, -0.1) is 31.0 Å². The molecule has 2 aliphatic rings. The van der Waals surface area contributed by atoms with E-state index >= 15 is 0 Å². The summed E-state index contributed by atoms with van der Waals surface area (Å²) >= 11 is 0. The van der Waals surface area contributed by atoms with Crippen LogP contribution in [0.5, 0.6) is 0 Å². The zero-order valence-corrected chi connectivity index (χ0v) is 26.5. The molecule has 219 valence electrons. The number of sulfonamides is 1. The Kier molecular flexibility index (Phi) is 20.0. The number of nitrogens with one attached hydrogen (secondary N) is 1. The van der Waals surface area contributed by atoms with Crippen molar-refractivity contribution in [3.8, 4) is 0 Å². The number of hydrogen-bond acceptors (Lipinski definition) is 2. The second kappa shape index (κ2) is 22.3. The minimum absolute atomic E-state index is 0. The third kappa shape index (κ3) is 16.7. The van der Waals surface area contributed by atoms with Gasteiger partial charge < -0.3 is 4.72 Å². The summed E-state index contributed by atoms with van der Waals surface area (Å²) in [5.41, 5.74) is 0.751. The first-order valence-corrected chi connectivity index (χ1v) is 15.8. The smallest absolute Gasteiger partial charge is 0.330 e. The second-order valence-electron chi connectivity index (χ2n) is 9.72. The van der Waals surface area contributed by atoms with Crippen LogP contribution in [-0.4, -0.2) is 8.42 Å². The Morgan fingerprint density at radius 3 is 1.73 bits per heavy atom. The minimum Gasteiger partial charge on any atom is -0.330 e. The molecule has 7 heteroatoms. The van der Waals surface area contributed by atoms with Crippen molar-refractivity contribution in [1.29, 1.82) is 0 Å². The molecule has 0 saturated heterocycles. The van der Waals surface area contributed by atoms with E-state index in [4.69, 9.17) is 0 Å². The first-order chi connectivity index (χ1) is 19.4. The average molecular weight is 615 g/mol. The van der Waals surface area contributed by atoms with Crippen LogP contribution in [0.2, 0.25) is 0 Å². The Balaban J connectivity index is 0.000000635. The Hall–Kier alpha value is -2.28. The third-order valence-electron chi connectivity index (χ3n) is 6.33. The quantitative estimate of drug-likeness (QED) is 0.131. The number of aryl methyl sites for hydroxylation is 1. The minimum atomic E-state index is -3.94. The van der Waals surface area contributed by atoms with Crippen molar-refractivity contribution in [2.24, 2.45) is 0 Å². The first-order valence-electron chi connectivity index (χ1n) is 14.3. The summed E-state index contributed by atoms with van der Waals surface area (Å²) in [6, 6.07) is 10.4. The molecule has 0 atom stereocenters.